The fourth-order valence-electron chi connectivity index (χ4n) is 1.68. The molecule has 0 saturated heterocycles. The van der Waals surface area contributed by atoms with Crippen molar-refractivity contribution in [2.24, 2.45) is 0 Å². The molecule has 0 aliphatic carbocycles. The van der Waals surface area contributed by atoms with Gasteiger partial charge in [-0.1, -0.05) is 48.2 Å². The molecule has 0 radical (unpaired) electrons. The Hall–Kier alpha value is -1.81. The van der Waals surface area contributed by atoms with E-state index in [9.17, 15) is 4.79 Å². The van der Waals surface area contributed by atoms with Gasteiger partial charge in [0, 0.05) is 18.9 Å². The first-order valence-electron chi connectivity index (χ1n) is 6.15. The number of allylic oxidation sites excluding steroid dienone is 1. The highest BCUT2D eigenvalue weighted by Gasteiger charge is 1.97. The Morgan fingerprint density at radius 2 is 2.11 bits per heavy atom. The molecule has 0 aliphatic heterocycles. The van der Waals surface area contributed by atoms with Gasteiger partial charge >= 0.3 is 0 Å². The second-order valence-corrected chi connectivity index (χ2v) is 5.40. The van der Waals surface area contributed by atoms with Crippen molar-refractivity contribution in [1.29, 1.82) is 0 Å². The molecule has 19 heavy (non-hydrogen) atoms. The molecule has 2 rings (SSSR count). The van der Waals surface area contributed by atoms with E-state index in [1.807, 2.05) is 6.07 Å². The van der Waals surface area contributed by atoms with Crippen LogP contribution >= 0.6 is 11.8 Å². The van der Waals surface area contributed by atoms with Gasteiger partial charge in [0.15, 0.2) is 5.12 Å². The van der Waals surface area contributed by atoms with Gasteiger partial charge < -0.3 is 0 Å². The van der Waals surface area contributed by atoms with Crippen LogP contribution in [0.25, 0.3) is 17.3 Å². The van der Waals surface area contributed by atoms with E-state index in [0.29, 0.717) is 0 Å². The number of aromatic amines is 1. The summed E-state index contributed by atoms with van der Waals surface area (Å²) in [7, 11) is 0. The number of thioether (sulfide) groups is 1. The Labute approximate surface area is 117 Å². The predicted octanol–water partition coefficient (Wildman–Crippen LogP) is 3.76. The maximum atomic E-state index is 10.8. The smallest absolute Gasteiger partial charge is 0.185 e. The summed E-state index contributed by atoms with van der Waals surface area (Å²) in [5, 5.41) is 7.06. The number of hydrogen-bond acceptors (Lipinski definition) is 3. The molecular weight excluding hydrogens is 256 g/mol. The Bertz CT molecular complexity index is 544. The summed E-state index contributed by atoms with van der Waals surface area (Å²) in [6.45, 7) is 1.60. The summed E-state index contributed by atoms with van der Waals surface area (Å²) < 4.78 is 0. The lowest BCUT2D eigenvalue weighted by Gasteiger charge is -1.98. The van der Waals surface area contributed by atoms with Crippen molar-refractivity contribution < 1.29 is 4.79 Å². The molecule has 0 spiro atoms. The highest BCUT2D eigenvalue weighted by Crippen LogP contribution is 2.17. The average Bonchev–Trinajstić information content (AvgIpc) is 2.93. The maximum Gasteiger partial charge on any atom is 0.185 e. The first kappa shape index (κ1) is 13.6. The zero-order valence-electron chi connectivity index (χ0n) is 10.8. The van der Waals surface area contributed by atoms with E-state index in [2.05, 4.69) is 46.6 Å². The van der Waals surface area contributed by atoms with E-state index in [-0.39, 0.29) is 5.12 Å². The molecule has 0 fully saturated rings. The van der Waals surface area contributed by atoms with Crippen molar-refractivity contribution in [3.05, 3.63) is 48.2 Å². The number of carbonyl (C=O) groups excluding carboxylic acids is 1. The fourth-order valence-corrected chi connectivity index (χ4v) is 2.22. The number of H-pyrrole nitrogens is 1. The Morgan fingerprint density at radius 3 is 2.74 bits per heavy atom. The summed E-state index contributed by atoms with van der Waals surface area (Å²) in [6.07, 6.45) is 6.83. The third kappa shape index (κ3) is 4.41. The maximum absolute atomic E-state index is 10.8. The second-order valence-electron chi connectivity index (χ2n) is 4.12. The molecule has 0 atom stereocenters. The molecule has 1 aromatic heterocycles. The SMILES string of the molecule is CC(=O)SCCC=Cc1ccc(-c2ccn[nH]2)cc1. The quantitative estimate of drug-likeness (QED) is 0.843. The monoisotopic (exact) mass is 272 g/mol. The number of benzene rings is 1. The first-order valence-corrected chi connectivity index (χ1v) is 7.14. The lowest BCUT2D eigenvalue weighted by Crippen LogP contribution is -1.83. The van der Waals surface area contributed by atoms with Crippen LogP contribution in [0.5, 0.6) is 0 Å². The van der Waals surface area contributed by atoms with E-state index in [4.69, 9.17) is 0 Å². The summed E-state index contributed by atoms with van der Waals surface area (Å²) in [5.74, 6) is 0.845. The molecule has 4 heteroatoms. The molecule has 0 bridgehead atoms. The number of nitrogens with zero attached hydrogens (tertiary/aromatic N) is 1. The van der Waals surface area contributed by atoms with Crippen LogP contribution in [-0.2, 0) is 4.79 Å². The van der Waals surface area contributed by atoms with Crippen molar-refractivity contribution in [2.45, 2.75) is 13.3 Å². The number of hydrogen-bond donors (Lipinski definition) is 1. The molecule has 0 amide bonds. The molecule has 2 aromatic rings. The van der Waals surface area contributed by atoms with Crippen LogP contribution in [-0.4, -0.2) is 21.1 Å². The Balaban J connectivity index is 1.88. The number of aromatic nitrogens is 2. The van der Waals surface area contributed by atoms with Crippen LogP contribution in [0.4, 0.5) is 0 Å². The summed E-state index contributed by atoms with van der Waals surface area (Å²) in [6, 6.07) is 10.2. The van der Waals surface area contributed by atoms with Gasteiger partial charge in [0.1, 0.15) is 0 Å². The predicted molar refractivity (Wildman–Crippen MR) is 80.8 cm³/mol. The zero-order chi connectivity index (χ0) is 13.5. The summed E-state index contributed by atoms with van der Waals surface area (Å²) in [5.41, 5.74) is 3.31. The Kier molecular flexibility index (Phi) is 4.98. The van der Waals surface area contributed by atoms with Crippen molar-refractivity contribution in [2.75, 3.05) is 5.75 Å². The normalized spacial score (nSPS) is 11.0. The van der Waals surface area contributed by atoms with Crippen molar-refractivity contribution in [1.82, 2.24) is 10.2 Å². The third-order valence-corrected chi connectivity index (χ3v) is 3.47. The van der Waals surface area contributed by atoms with E-state index < -0.39 is 0 Å². The summed E-state index contributed by atoms with van der Waals surface area (Å²) >= 11 is 1.37. The van der Waals surface area contributed by atoms with Crippen LogP contribution in [0.3, 0.4) is 0 Å². The molecule has 1 N–H and O–H groups in total. The van der Waals surface area contributed by atoms with Crippen LogP contribution in [0.2, 0.25) is 0 Å². The molecule has 0 unspecified atom stereocenters. The molecule has 1 heterocycles. The number of rotatable bonds is 5. The van der Waals surface area contributed by atoms with E-state index >= 15 is 0 Å². The molecule has 0 saturated carbocycles. The third-order valence-electron chi connectivity index (χ3n) is 2.62. The van der Waals surface area contributed by atoms with Crippen LogP contribution in [0, 0.1) is 0 Å². The minimum atomic E-state index is 0.178. The molecule has 98 valence electrons. The average molecular weight is 272 g/mol. The van der Waals surface area contributed by atoms with Gasteiger partial charge in [-0.15, -0.1) is 0 Å². The largest absolute Gasteiger partial charge is 0.288 e. The summed E-state index contributed by atoms with van der Waals surface area (Å²) in [4.78, 5) is 10.8. The lowest BCUT2D eigenvalue weighted by molar-refractivity contribution is -0.109. The van der Waals surface area contributed by atoms with Gasteiger partial charge in [0.2, 0.25) is 0 Å². The second kappa shape index (κ2) is 6.95. The van der Waals surface area contributed by atoms with Crippen LogP contribution in [0.1, 0.15) is 18.9 Å². The Morgan fingerprint density at radius 1 is 1.32 bits per heavy atom. The van der Waals surface area contributed by atoms with Crippen molar-refractivity contribution in [3.8, 4) is 11.3 Å². The van der Waals surface area contributed by atoms with Gasteiger partial charge in [0.25, 0.3) is 0 Å². The van der Waals surface area contributed by atoms with Gasteiger partial charge in [0.05, 0.1) is 5.69 Å². The topological polar surface area (TPSA) is 45.8 Å². The molecule has 1 aromatic carbocycles. The first-order chi connectivity index (χ1) is 9.25. The highest BCUT2D eigenvalue weighted by molar-refractivity contribution is 8.13. The fraction of sp³-hybridized carbons (Fsp3) is 0.200. The number of carbonyl (C=O) groups is 1. The van der Waals surface area contributed by atoms with Gasteiger partial charge in [-0.2, -0.15) is 5.10 Å². The lowest BCUT2D eigenvalue weighted by atomic mass is 10.1. The van der Waals surface area contributed by atoms with Crippen molar-refractivity contribution in [3.63, 3.8) is 0 Å². The highest BCUT2D eigenvalue weighted by atomic mass is 32.2. The van der Waals surface area contributed by atoms with E-state index in [0.717, 1.165) is 29.0 Å². The van der Waals surface area contributed by atoms with E-state index in [1.54, 1.807) is 13.1 Å². The van der Waals surface area contributed by atoms with Gasteiger partial charge in [-0.25, -0.2) is 0 Å². The van der Waals surface area contributed by atoms with Crippen LogP contribution in [0.15, 0.2) is 42.6 Å². The van der Waals surface area contributed by atoms with Gasteiger partial charge in [-0.05, 0) is 23.6 Å². The molecule has 3 nitrogen and oxygen atoms in total. The molecule has 0 aliphatic rings. The zero-order valence-corrected chi connectivity index (χ0v) is 11.6. The molecular formula is C15H16N2OS. The number of nitrogens with one attached hydrogen (secondary N) is 1. The standard InChI is InChI=1S/C15H16N2OS/c1-12(18)19-11-3-2-4-13-5-7-14(8-6-13)15-9-10-16-17-15/h2,4-10H,3,11H2,1H3,(H,16,17). The van der Waals surface area contributed by atoms with Crippen molar-refractivity contribution >= 4 is 23.0 Å². The van der Waals surface area contributed by atoms with E-state index in [1.165, 1.54) is 11.8 Å². The van der Waals surface area contributed by atoms with Gasteiger partial charge in [-0.3, -0.25) is 9.89 Å². The minimum Gasteiger partial charge on any atom is -0.288 e. The minimum absolute atomic E-state index is 0.178. The van der Waals surface area contributed by atoms with Crippen LogP contribution < -0.4 is 0 Å².